The van der Waals surface area contributed by atoms with Gasteiger partial charge < -0.3 is 20.7 Å². The number of fused-ring (bicyclic) bond motifs is 1. The maximum absolute atomic E-state index is 14.2. The molecule has 4 nitrogen and oxygen atoms in total. The summed E-state index contributed by atoms with van der Waals surface area (Å²) in [5, 5.41) is 20.0. The van der Waals surface area contributed by atoms with Crippen molar-refractivity contribution in [3.05, 3.63) is 65.0 Å². The van der Waals surface area contributed by atoms with Crippen molar-refractivity contribution in [2.75, 3.05) is 6.54 Å². The van der Waals surface area contributed by atoms with Crippen LogP contribution in [-0.2, 0) is 6.42 Å². The molecule has 0 amide bonds. The SMILES string of the molecule is NCCC1=CC(O)Oc2c1cc(F)c(O)c2Cc1ccccc1. The van der Waals surface area contributed by atoms with Crippen molar-refractivity contribution in [2.24, 2.45) is 5.73 Å². The Labute approximate surface area is 133 Å². The number of hydrogen-bond acceptors (Lipinski definition) is 4. The molecule has 0 bridgehead atoms. The Bertz CT molecular complexity index is 744. The Hall–Kier alpha value is -2.37. The standard InChI is InChI=1S/C18H18FNO3/c19-15-10-13-12(6-7-20)9-16(21)23-18(13)14(17(15)22)8-11-4-2-1-3-5-11/h1-5,9-10,16,21-22H,6-8,20H2. The van der Waals surface area contributed by atoms with Gasteiger partial charge >= 0.3 is 0 Å². The third kappa shape index (κ3) is 3.06. The second-order valence-electron chi connectivity index (χ2n) is 5.46. The molecule has 0 aromatic heterocycles. The Morgan fingerprint density at radius 3 is 2.65 bits per heavy atom. The molecule has 0 saturated carbocycles. The average Bonchev–Trinajstić information content (AvgIpc) is 2.54. The van der Waals surface area contributed by atoms with E-state index in [2.05, 4.69) is 0 Å². The Morgan fingerprint density at radius 2 is 1.96 bits per heavy atom. The van der Waals surface area contributed by atoms with Crippen LogP contribution >= 0.6 is 0 Å². The number of nitrogens with two attached hydrogens (primary N) is 1. The lowest BCUT2D eigenvalue weighted by Crippen LogP contribution is -2.20. The van der Waals surface area contributed by atoms with Crippen molar-refractivity contribution in [1.82, 2.24) is 0 Å². The van der Waals surface area contributed by atoms with Gasteiger partial charge in [-0.2, -0.15) is 0 Å². The number of rotatable bonds is 4. The van der Waals surface area contributed by atoms with Gasteiger partial charge in [0.25, 0.3) is 0 Å². The molecule has 120 valence electrons. The van der Waals surface area contributed by atoms with Crippen LogP contribution < -0.4 is 10.5 Å². The van der Waals surface area contributed by atoms with Crippen molar-refractivity contribution < 1.29 is 19.3 Å². The number of benzene rings is 2. The first-order valence-electron chi connectivity index (χ1n) is 7.44. The Morgan fingerprint density at radius 1 is 1.22 bits per heavy atom. The molecule has 1 heterocycles. The number of phenols is 1. The highest BCUT2D eigenvalue weighted by molar-refractivity contribution is 5.75. The molecule has 5 heteroatoms. The van der Waals surface area contributed by atoms with E-state index in [1.54, 1.807) is 0 Å². The second-order valence-corrected chi connectivity index (χ2v) is 5.46. The van der Waals surface area contributed by atoms with E-state index in [0.29, 0.717) is 36.3 Å². The molecule has 2 aromatic carbocycles. The van der Waals surface area contributed by atoms with E-state index in [0.717, 1.165) is 11.1 Å². The quantitative estimate of drug-likeness (QED) is 0.810. The van der Waals surface area contributed by atoms with Crippen LogP contribution in [0.3, 0.4) is 0 Å². The van der Waals surface area contributed by atoms with Crippen molar-refractivity contribution in [2.45, 2.75) is 19.1 Å². The van der Waals surface area contributed by atoms with Crippen molar-refractivity contribution in [3.63, 3.8) is 0 Å². The fraction of sp³-hybridized carbons (Fsp3) is 0.222. The van der Waals surface area contributed by atoms with Gasteiger partial charge in [-0.05, 0) is 36.2 Å². The zero-order valence-corrected chi connectivity index (χ0v) is 12.5. The highest BCUT2D eigenvalue weighted by Gasteiger charge is 2.26. The van der Waals surface area contributed by atoms with E-state index in [1.807, 2.05) is 30.3 Å². The molecule has 3 rings (SSSR count). The van der Waals surface area contributed by atoms with Crippen molar-refractivity contribution in [3.8, 4) is 11.5 Å². The number of ether oxygens (including phenoxy) is 1. The lowest BCUT2D eigenvalue weighted by atomic mass is 9.93. The maximum Gasteiger partial charge on any atom is 0.217 e. The van der Waals surface area contributed by atoms with Gasteiger partial charge in [-0.3, -0.25) is 0 Å². The highest BCUT2D eigenvalue weighted by atomic mass is 19.1. The molecule has 0 aliphatic carbocycles. The summed E-state index contributed by atoms with van der Waals surface area (Å²) in [4.78, 5) is 0. The predicted molar refractivity (Wildman–Crippen MR) is 85.6 cm³/mol. The summed E-state index contributed by atoms with van der Waals surface area (Å²) in [5.41, 5.74) is 8.06. The molecule has 4 N–H and O–H groups in total. The number of halogens is 1. The first-order valence-corrected chi connectivity index (χ1v) is 7.44. The number of aromatic hydroxyl groups is 1. The van der Waals surface area contributed by atoms with Crippen LogP contribution in [-0.4, -0.2) is 23.0 Å². The molecular formula is C18H18FNO3. The first-order chi connectivity index (χ1) is 11.1. The molecule has 0 spiro atoms. The average molecular weight is 315 g/mol. The Kier molecular flexibility index (Phi) is 4.32. The zero-order valence-electron chi connectivity index (χ0n) is 12.5. The molecule has 1 aliphatic rings. The summed E-state index contributed by atoms with van der Waals surface area (Å²) in [6.45, 7) is 0.370. The fourth-order valence-electron chi connectivity index (χ4n) is 2.80. The minimum Gasteiger partial charge on any atom is -0.505 e. The summed E-state index contributed by atoms with van der Waals surface area (Å²) in [5.74, 6) is -0.849. The van der Waals surface area contributed by atoms with Gasteiger partial charge in [0.15, 0.2) is 11.6 Å². The van der Waals surface area contributed by atoms with Gasteiger partial charge in [0.1, 0.15) is 5.75 Å². The first kappa shape index (κ1) is 15.5. The molecule has 1 unspecified atom stereocenters. The molecule has 0 fully saturated rings. The van der Waals surface area contributed by atoms with Crippen molar-refractivity contribution in [1.29, 1.82) is 0 Å². The summed E-state index contributed by atoms with van der Waals surface area (Å²) >= 11 is 0. The summed E-state index contributed by atoms with van der Waals surface area (Å²) in [6, 6.07) is 10.6. The lowest BCUT2D eigenvalue weighted by molar-refractivity contribution is 0.0213. The highest BCUT2D eigenvalue weighted by Crippen LogP contribution is 2.42. The molecule has 0 radical (unpaired) electrons. The third-order valence-electron chi connectivity index (χ3n) is 3.87. The second kappa shape index (κ2) is 6.40. The third-order valence-corrected chi connectivity index (χ3v) is 3.87. The van der Waals surface area contributed by atoms with Crippen LogP contribution in [0, 0.1) is 5.82 Å². The van der Waals surface area contributed by atoms with Crippen LogP contribution in [0.1, 0.15) is 23.1 Å². The normalized spacial score (nSPS) is 16.5. The summed E-state index contributed by atoms with van der Waals surface area (Å²) in [6.07, 6.45) is 1.17. The van der Waals surface area contributed by atoms with E-state index in [4.69, 9.17) is 10.5 Å². The number of hydrogen-bond donors (Lipinski definition) is 3. The van der Waals surface area contributed by atoms with Gasteiger partial charge in [-0.25, -0.2) is 4.39 Å². The topological polar surface area (TPSA) is 75.7 Å². The van der Waals surface area contributed by atoms with Crippen LogP contribution in [0.4, 0.5) is 4.39 Å². The predicted octanol–water partition coefficient (Wildman–Crippen LogP) is 2.57. The van der Waals surface area contributed by atoms with Crippen LogP contribution in [0.5, 0.6) is 11.5 Å². The lowest BCUT2D eigenvalue weighted by Gasteiger charge is -2.25. The molecule has 2 aromatic rings. The number of aliphatic hydroxyl groups excluding tert-OH is 1. The van der Waals surface area contributed by atoms with E-state index in [-0.39, 0.29) is 0 Å². The monoisotopic (exact) mass is 315 g/mol. The van der Waals surface area contributed by atoms with Gasteiger partial charge in [-0.1, -0.05) is 30.3 Å². The summed E-state index contributed by atoms with van der Waals surface area (Å²) in [7, 11) is 0. The van der Waals surface area contributed by atoms with Gasteiger partial charge in [-0.15, -0.1) is 0 Å². The number of phenolic OH excluding ortho intramolecular Hbond substituents is 1. The molecule has 1 atom stereocenters. The van der Waals surface area contributed by atoms with Gasteiger partial charge in [0.05, 0.1) is 0 Å². The minimum absolute atomic E-state index is 0.301. The maximum atomic E-state index is 14.2. The Balaban J connectivity index is 2.11. The van der Waals surface area contributed by atoms with E-state index >= 15 is 0 Å². The minimum atomic E-state index is -1.14. The van der Waals surface area contributed by atoms with Crippen LogP contribution in [0.15, 0.2) is 42.5 Å². The smallest absolute Gasteiger partial charge is 0.217 e. The zero-order chi connectivity index (χ0) is 16.4. The van der Waals surface area contributed by atoms with E-state index in [1.165, 1.54) is 12.1 Å². The largest absolute Gasteiger partial charge is 0.505 e. The van der Waals surface area contributed by atoms with Gasteiger partial charge in [0.2, 0.25) is 6.29 Å². The van der Waals surface area contributed by atoms with Crippen LogP contribution in [0.25, 0.3) is 5.57 Å². The molecule has 1 aliphatic heterocycles. The van der Waals surface area contributed by atoms with E-state index in [9.17, 15) is 14.6 Å². The molecule has 0 saturated heterocycles. The number of aliphatic hydroxyl groups is 1. The molecule has 23 heavy (non-hydrogen) atoms. The van der Waals surface area contributed by atoms with Crippen LogP contribution in [0.2, 0.25) is 0 Å². The van der Waals surface area contributed by atoms with Gasteiger partial charge in [0, 0.05) is 17.5 Å². The van der Waals surface area contributed by atoms with Crippen molar-refractivity contribution >= 4 is 5.57 Å². The molecular weight excluding hydrogens is 297 g/mol. The van der Waals surface area contributed by atoms with E-state index < -0.39 is 17.9 Å². The summed E-state index contributed by atoms with van der Waals surface area (Å²) < 4.78 is 19.6. The fourth-order valence-corrected chi connectivity index (χ4v) is 2.80.